The molecule has 1 amide bonds. The van der Waals surface area contributed by atoms with Crippen LogP contribution < -0.4 is 5.32 Å². The smallest absolute Gasteiger partial charge is 0.271 e. The van der Waals surface area contributed by atoms with Crippen LogP contribution in [0.1, 0.15) is 10.5 Å². The predicted octanol–water partition coefficient (Wildman–Crippen LogP) is 1.57. The SMILES string of the molecule is C#CCNC(=O)c1csc(-c2ccccn2)n1. The van der Waals surface area contributed by atoms with Gasteiger partial charge < -0.3 is 5.32 Å². The second-order valence-electron chi connectivity index (χ2n) is 3.14. The summed E-state index contributed by atoms with van der Waals surface area (Å²) < 4.78 is 0. The number of nitrogens with one attached hydrogen (secondary N) is 1. The molecule has 0 unspecified atom stereocenters. The minimum atomic E-state index is -0.263. The highest BCUT2D eigenvalue weighted by atomic mass is 32.1. The number of carbonyl (C=O) groups excluding carboxylic acids is 1. The van der Waals surface area contributed by atoms with Crippen molar-refractivity contribution in [3.05, 3.63) is 35.5 Å². The molecule has 0 bridgehead atoms. The lowest BCUT2D eigenvalue weighted by molar-refractivity contribution is 0.0954. The van der Waals surface area contributed by atoms with Crippen LogP contribution in [0.5, 0.6) is 0 Å². The Morgan fingerprint density at radius 1 is 1.53 bits per heavy atom. The zero-order valence-corrected chi connectivity index (χ0v) is 9.70. The number of amides is 1. The largest absolute Gasteiger partial charge is 0.340 e. The summed E-state index contributed by atoms with van der Waals surface area (Å²) in [5.41, 5.74) is 1.12. The van der Waals surface area contributed by atoms with Gasteiger partial charge in [0.05, 0.1) is 12.2 Å². The van der Waals surface area contributed by atoms with Crippen LogP contribution in [0.15, 0.2) is 29.8 Å². The lowest BCUT2D eigenvalue weighted by Gasteiger charge is -1.96. The minimum absolute atomic E-state index is 0.204. The van der Waals surface area contributed by atoms with Gasteiger partial charge in [0.15, 0.2) is 0 Å². The summed E-state index contributed by atoms with van der Waals surface area (Å²) in [6.07, 6.45) is 6.75. The highest BCUT2D eigenvalue weighted by molar-refractivity contribution is 7.13. The van der Waals surface area contributed by atoms with Gasteiger partial charge in [0, 0.05) is 11.6 Å². The van der Waals surface area contributed by atoms with Gasteiger partial charge in [0.2, 0.25) is 0 Å². The van der Waals surface area contributed by atoms with E-state index in [0.717, 1.165) is 10.7 Å². The van der Waals surface area contributed by atoms with Crippen LogP contribution in [0.3, 0.4) is 0 Å². The topological polar surface area (TPSA) is 54.9 Å². The Morgan fingerprint density at radius 2 is 2.41 bits per heavy atom. The highest BCUT2D eigenvalue weighted by Gasteiger charge is 2.11. The monoisotopic (exact) mass is 243 g/mol. The Hall–Kier alpha value is -2.19. The lowest BCUT2D eigenvalue weighted by atomic mass is 10.3. The third-order valence-electron chi connectivity index (χ3n) is 1.97. The van der Waals surface area contributed by atoms with Crippen molar-refractivity contribution < 1.29 is 4.79 Å². The zero-order chi connectivity index (χ0) is 12.1. The van der Waals surface area contributed by atoms with Gasteiger partial charge in [-0.05, 0) is 12.1 Å². The maximum atomic E-state index is 11.6. The molecule has 0 atom stereocenters. The first-order chi connectivity index (χ1) is 8.31. The van der Waals surface area contributed by atoms with E-state index in [2.05, 4.69) is 21.2 Å². The molecule has 1 N–H and O–H groups in total. The molecular weight excluding hydrogens is 234 g/mol. The average molecular weight is 243 g/mol. The summed E-state index contributed by atoms with van der Waals surface area (Å²) in [6.45, 7) is 0.204. The molecule has 0 aliphatic heterocycles. The van der Waals surface area contributed by atoms with E-state index in [9.17, 15) is 4.79 Å². The van der Waals surface area contributed by atoms with E-state index in [1.54, 1.807) is 11.6 Å². The van der Waals surface area contributed by atoms with Gasteiger partial charge in [-0.2, -0.15) is 0 Å². The van der Waals surface area contributed by atoms with Gasteiger partial charge >= 0.3 is 0 Å². The summed E-state index contributed by atoms with van der Waals surface area (Å²) >= 11 is 1.38. The summed E-state index contributed by atoms with van der Waals surface area (Å²) in [5.74, 6) is 2.08. The Kier molecular flexibility index (Phi) is 3.48. The van der Waals surface area contributed by atoms with Gasteiger partial charge in [-0.3, -0.25) is 9.78 Å². The molecule has 2 heterocycles. The van der Waals surface area contributed by atoms with E-state index < -0.39 is 0 Å². The Morgan fingerprint density at radius 3 is 3.12 bits per heavy atom. The number of aromatic nitrogens is 2. The molecule has 2 aromatic rings. The molecule has 0 spiro atoms. The maximum absolute atomic E-state index is 11.6. The molecule has 0 saturated heterocycles. The van der Waals surface area contributed by atoms with Crippen LogP contribution in [-0.4, -0.2) is 22.4 Å². The fourth-order valence-corrected chi connectivity index (χ4v) is 1.98. The Labute approximate surface area is 103 Å². The summed E-state index contributed by atoms with van der Waals surface area (Å²) in [4.78, 5) is 19.9. The van der Waals surface area contributed by atoms with Crippen LogP contribution in [-0.2, 0) is 0 Å². The molecule has 4 nitrogen and oxygen atoms in total. The number of thiazole rings is 1. The molecule has 2 rings (SSSR count). The van der Waals surface area contributed by atoms with Crippen LogP contribution in [0.25, 0.3) is 10.7 Å². The van der Waals surface area contributed by atoms with Gasteiger partial charge in [-0.15, -0.1) is 17.8 Å². The van der Waals surface area contributed by atoms with Crippen molar-refractivity contribution in [3.8, 4) is 23.0 Å². The molecule has 0 aliphatic rings. The summed E-state index contributed by atoms with van der Waals surface area (Å²) in [6, 6.07) is 5.56. The highest BCUT2D eigenvalue weighted by Crippen LogP contribution is 2.20. The molecule has 0 radical (unpaired) electrons. The van der Waals surface area contributed by atoms with Crippen LogP contribution in [0.2, 0.25) is 0 Å². The van der Waals surface area contributed by atoms with Gasteiger partial charge in [0.25, 0.3) is 5.91 Å². The molecule has 2 aromatic heterocycles. The van der Waals surface area contributed by atoms with E-state index in [1.165, 1.54) is 11.3 Å². The number of nitrogens with zero attached hydrogens (tertiary/aromatic N) is 2. The third kappa shape index (κ3) is 2.68. The molecule has 5 heteroatoms. The van der Waals surface area contributed by atoms with Crippen molar-refractivity contribution in [2.45, 2.75) is 0 Å². The van der Waals surface area contributed by atoms with Crippen molar-refractivity contribution in [2.75, 3.05) is 6.54 Å². The minimum Gasteiger partial charge on any atom is -0.340 e. The number of hydrogen-bond acceptors (Lipinski definition) is 4. The summed E-state index contributed by atoms with van der Waals surface area (Å²) in [5, 5.41) is 4.97. The molecule has 0 aliphatic carbocycles. The first kappa shape index (κ1) is 11.3. The van der Waals surface area contributed by atoms with Crippen molar-refractivity contribution >= 4 is 17.2 Å². The fraction of sp³-hybridized carbons (Fsp3) is 0.0833. The second-order valence-corrected chi connectivity index (χ2v) is 4.00. The zero-order valence-electron chi connectivity index (χ0n) is 8.88. The van der Waals surface area contributed by atoms with E-state index in [0.29, 0.717) is 5.69 Å². The van der Waals surface area contributed by atoms with E-state index in [4.69, 9.17) is 6.42 Å². The van der Waals surface area contributed by atoms with Gasteiger partial charge in [-0.25, -0.2) is 4.98 Å². The third-order valence-corrected chi connectivity index (χ3v) is 2.84. The molecule has 17 heavy (non-hydrogen) atoms. The first-order valence-electron chi connectivity index (χ1n) is 4.90. The number of rotatable bonds is 3. The number of terminal acetylenes is 1. The number of carbonyl (C=O) groups is 1. The summed E-state index contributed by atoms with van der Waals surface area (Å²) in [7, 11) is 0. The van der Waals surface area contributed by atoms with E-state index >= 15 is 0 Å². The normalized spacial score (nSPS) is 9.59. The van der Waals surface area contributed by atoms with Gasteiger partial charge in [0.1, 0.15) is 10.7 Å². The quantitative estimate of drug-likeness (QED) is 0.832. The molecule has 84 valence electrons. The van der Waals surface area contributed by atoms with Gasteiger partial charge in [-0.1, -0.05) is 12.0 Å². The predicted molar refractivity (Wildman–Crippen MR) is 66.5 cm³/mol. The molecule has 0 aromatic carbocycles. The van der Waals surface area contributed by atoms with Crippen LogP contribution in [0.4, 0.5) is 0 Å². The Bertz CT molecular complexity index is 557. The molecule has 0 fully saturated rings. The molecular formula is C12H9N3OS. The van der Waals surface area contributed by atoms with E-state index in [-0.39, 0.29) is 12.5 Å². The standard InChI is InChI=1S/C12H9N3OS/c1-2-6-14-11(16)10-8-17-12(15-10)9-5-3-4-7-13-9/h1,3-5,7-8H,6H2,(H,14,16). The molecule has 0 saturated carbocycles. The average Bonchev–Trinajstić information content (AvgIpc) is 2.86. The van der Waals surface area contributed by atoms with Crippen molar-refractivity contribution in [1.29, 1.82) is 0 Å². The second kappa shape index (κ2) is 5.23. The van der Waals surface area contributed by atoms with Crippen molar-refractivity contribution in [3.63, 3.8) is 0 Å². The lowest BCUT2D eigenvalue weighted by Crippen LogP contribution is -2.23. The van der Waals surface area contributed by atoms with Crippen LogP contribution in [0, 0.1) is 12.3 Å². The van der Waals surface area contributed by atoms with Crippen LogP contribution >= 0.6 is 11.3 Å². The Balaban J connectivity index is 2.17. The van der Waals surface area contributed by atoms with Crippen molar-refractivity contribution in [2.24, 2.45) is 0 Å². The number of pyridine rings is 1. The maximum Gasteiger partial charge on any atom is 0.271 e. The van der Waals surface area contributed by atoms with Crippen molar-refractivity contribution in [1.82, 2.24) is 15.3 Å². The number of hydrogen-bond donors (Lipinski definition) is 1. The van der Waals surface area contributed by atoms with E-state index in [1.807, 2.05) is 18.2 Å². The fourth-order valence-electron chi connectivity index (χ4n) is 1.21. The first-order valence-corrected chi connectivity index (χ1v) is 5.78.